The zero-order valence-corrected chi connectivity index (χ0v) is 10.0. The van der Waals surface area contributed by atoms with Crippen molar-refractivity contribution in [3.63, 3.8) is 0 Å². The molecule has 86 valence electrons. The van der Waals surface area contributed by atoms with E-state index in [9.17, 15) is 0 Å². The second kappa shape index (κ2) is 6.90. The molecule has 5 heteroatoms. The highest BCUT2D eigenvalue weighted by Crippen LogP contribution is 2.12. The number of rotatable bonds is 7. The van der Waals surface area contributed by atoms with Gasteiger partial charge >= 0.3 is 0 Å². The molecule has 2 N–H and O–H groups in total. The fourth-order valence-electron chi connectivity index (χ4n) is 1.22. The topological polar surface area (TPSA) is 54.4 Å². The number of aryl methyl sites for hydroxylation is 1. The highest BCUT2D eigenvalue weighted by Gasteiger charge is 2.07. The van der Waals surface area contributed by atoms with E-state index in [1.165, 1.54) is 4.88 Å². The van der Waals surface area contributed by atoms with Crippen LogP contribution in [0.2, 0.25) is 0 Å². The minimum absolute atomic E-state index is 0.00202. The lowest BCUT2D eigenvalue weighted by molar-refractivity contribution is 0.128. The van der Waals surface area contributed by atoms with Gasteiger partial charge in [-0.15, -0.1) is 11.3 Å². The number of ether oxygens (including phenoxy) is 1. The SMILES string of the molecule is CCc1ncc(CNC(CO)COC)s1. The molecule has 0 aromatic carbocycles. The first-order valence-corrected chi connectivity index (χ1v) is 5.88. The first-order chi connectivity index (χ1) is 7.30. The van der Waals surface area contributed by atoms with Crippen LogP contribution in [-0.4, -0.2) is 36.5 Å². The van der Waals surface area contributed by atoms with E-state index in [1.54, 1.807) is 18.4 Å². The summed E-state index contributed by atoms with van der Waals surface area (Å²) in [6.07, 6.45) is 2.86. The summed E-state index contributed by atoms with van der Waals surface area (Å²) in [4.78, 5) is 5.46. The number of aliphatic hydroxyl groups is 1. The van der Waals surface area contributed by atoms with Crippen molar-refractivity contribution in [2.45, 2.75) is 25.9 Å². The second-order valence-electron chi connectivity index (χ2n) is 3.29. The summed E-state index contributed by atoms with van der Waals surface area (Å²) in [5.74, 6) is 0. The normalized spacial score (nSPS) is 13.0. The zero-order chi connectivity index (χ0) is 11.1. The fraction of sp³-hybridized carbons (Fsp3) is 0.700. The predicted molar refractivity (Wildman–Crippen MR) is 61.1 cm³/mol. The van der Waals surface area contributed by atoms with Crippen LogP contribution in [0.4, 0.5) is 0 Å². The van der Waals surface area contributed by atoms with E-state index in [1.807, 2.05) is 6.20 Å². The van der Waals surface area contributed by atoms with E-state index >= 15 is 0 Å². The van der Waals surface area contributed by atoms with Crippen LogP contribution in [0.25, 0.3) is 0 Å². The van der Waals surface area contributed by atoms with Crippen molar-refractivity contribution in [1.29, 1.82) is 0 Å². The number of nitrogens with one attached hydrogen (secondary N) is 1. The maximum Gasteiger partial charge on any atom is 0.0925 e. The Balaban J connectivity index is 2.34. The molecule has 1 heterocycles. The minimum atomic E-state index is 0.00202. The molecule has 0 fully saturated rings. The highest BCUT2D eigenvalue weighted by atomic mass is 32.1. The summed E-state index contributed by atoms with van der Waals surface area (Å²) in [5.41, 5.74) is 0. The van der Waals surface area contributed by atoms with Gasteiger partial charge < -0.3 is 15.2 Å². The lowest BCUT2D eigenvalue weighted by atomic mass is 10.3. The molecule has 0 bridgehead atoms. The maximum absolute atomic E-state index is 9.03. The maximum atomic E-state index is 9.03. The van der Waals surface area contributed by atoms with Crippen LogP contribution in [0, 0.1) is 0 Å². The highest BCUT2D eigenvalue weighted by molar-refractivity contribution is 7.11. The van der Waals surface area contributed by atoms with Gasteiger partial charge in [0.25, 0.3) is 0 Å². The van der Waals surface area contributed by atoms with Crippen molar-refractivity contribution in [3.05, 3.63) is 16.1 Å². The third-order valence-electron chi connectivity index (χ3n) is 2.06. The number of hydrogen-bond acceptors (Lipinski definition) is 5. The molecule has 0 saturated carbocycles. The number of methoxy groups -OCH3 is 1. The molecule has 15 heavy (non-hydrogen) atoms. The number of aliphatic hydroxyl groups excluding tert-OH is 1. The van der Waals surface area contributed by atoms with Crippen molar-refractivity contribution in [1.82, 2.24) is 10.3 Å². The van der Waals surface area contributed by atoms with Crippen molar-refractivity contribution < 1.29 is 9.84 Å². The molecule has 4 nitrogen and oxygen atoms in total. The molecule has 0 saturated heterocycles. The molecular formula is C10H18N2O2S. The molecule has 0 aliphatic heterocycles. The van der Waals surface area contributed by atoms with E-state index in [0.29, 0.717) is 6.61 Å². The average Bonchev–Trinajstić information content (AvgIpc) is 2.72. The Morgan fingerprint density at radius 1 is 1.67 bits per heavy atom. The van der Waals surface area contributed by atoms with Crippen LogP contribution in [0.15, 0.2) is 6.20 Å². The van der Waals surface area contributed by atoms with Crippen molar-refractivity contribution in [2.24, 2.45) is 0 Å². The van der Waals surface area contributed by atoms with Gasteiger partial charge in [-0.25, -0.2) is 4.98 Å². The number of hydrogen-bond donors (Lipinski definition) is 2. The minimum Gasteiger partial charge on any atom is -0.395 e. The van der Waals surface area contributed by atoms with Gasteiger partial charge in [-0.1, -0.05) is 6.92 Å². The summed E-state index contributed by atoms with van der Waals surface area (Å²) >= 11 is 1.71. The Labute approximate surface area is 94.3 Å². The monoisotopic (exact) mass is 230 g/mol. The first kappa shape index (κ1) is 12.6. The Morgan fingerprint density at radius 3 is 3.00 bits per heavy atom. The molecule has 0 aliphatic carbocycles. The summed E-state index contributed by atoms with van der Waals surface area (Å²) in [6, 6.07) is 0.00202. The van der Waals surface area contributed by atoms with Crippen LogP contribution in [0.5, 0.6) is 0 Å². The molecule has 0 radical (unpaired) electrons. The lowest BCUT2D eigenvalue weighted by Crippen LogP contribution is -2.35. The van der Waals surface area contributed by atoms with Gasteiger partial charge in [0.05, 0.1) is 24.3 Å². The Bertz CT molecular complexity index is 278. The predicted octanol–water partition coefficient (Wildman–Crippen LogP) is 0.802. The van der Waals surface area contributed by atoms with E-state index in [2.05, 4.69) is 17.2 Å². The molecule has 1 atom stereocenters. The molecule has 0 aliphatic rings. The van der Waals surface area contributed by atoms with Gasteiger partial charge in [-0.3, -0.25) is 0 Å². The standard InChI is InChI=1S/C10H18N2O2S/c1-3-10-12-5-9(15-10)4-11-8(6-13)7-14-2/h5,8,11,13H,3-4,6-7H2,1-2H3. The summed E-state index contributed by atoms with van der Waals surface area (Å²) in [6.45, 7) is 3.45. The van der Waals surface area contributed by atoms with Gasteiger partial charge in [-0.2, -0.15) is 0 Å². The first-order valence-electron chi connectivity index (χ1n) is 5.06. The van der Waals surface area contributed by atoms with Gasteiger partial charge in [0.15, 0.2) is 0 Å². The molecular weight excluding hydrogens is 212 g/mol. The molecule has 1 aromatic heterocycles. The Hall–Kier alpha value is -0.490. The van der Waals surface area contributed by atoms with Crippen LogP contribution < -0.4 is 5.32 Å². The smallest absolute Gasteiger partial charge is 0.0925 e. The lowest BCUT2D eigenvalue weighted by Gasteiger charge is -2.13. The van der Waals surface area contributed by atoms with Gasteiger partial charge in [-0.05, 0) is 6.42 Å². The summed E-state index contributed by atoms with van der Waals surface area (Å²) in [5, 5.41) is 13.4. The van der Waals surface area contributed by atoms with Crippen LogP contribution in [0.1, 0.15) is 16.8 Å². The number of thiazole rings is 1. The molecule has 1 unspecified atom stereocenters. The van der Waals surface area contributed by atoms with Crippen molar-refractivity contribution in [2.75, 3.05) is 20.3 Å². The third kappa shape index (κ3) is 4.25. The van der Waals surface area contributed by atoms with Crippen molar-refractivity contribution in [3.8, 4) is 0 Å². The van der Waals surface area contributed by atoms with Crippen LogP contribution in [0.3, 0.4) is 0 Å². The second-order valence-corrected chi connectivity index (χ2v) is 4.49. The van der Waals surface area contributed by atoms with E-state index < -0.39 is 0 Å². The number of aromatic nitrogens is 1. The van der Waals surface area contributed by atoms with E-state index in [0.717, 1.165) is 18.0 Å². The van der Waals surface area contributed by atoms with Crippen LogP contribution >= 0.6 is 11.3 Å². The summed E-state index contributed by atoms with van der Waals surface area (Å²) < 4.78 is 4.97. The Morgan fingerprint density at radius 2 is 2.47 bits per heavy atom. The van der Waals surface area contributed by atoms with E-state index in [4.69, 9.17) is 9.84 Å². The zero-order valence-electron chi connectivity index (χ0n) is 9.19. The van der Waals surface area contributed by atoms with Crippen molar-refractivity contribution >= 4 is 11.3 Å². The van der Waals surface area contributed by atoms with E-state index in [-0.39, 0.29) is 12.6 Å². The molecule has 0 amide bonds. The van der Waals surface area contributed by atoms with Gasteiger partial charge in [0.1, 0.15) is 0 Å². The molecule has 1 rings (SSSR count). The quantitative estimate of drug-likeness (QED) is 0.727. The molecule has 1 aromatic rings. The fourth-order valence-corrected chi connectivity index (χ4v) is 2.03. The van der Waals surface area contributed by atoms with Crippen LogP contribution in [-0.2, 0) is 17.7 Å². The van der Waals surface area contributed by atoms with Gasteiger partial charge in [0.2, 0.25) is 0 Å². The third-order valence-corrected chi connectivity index (χ3v) is 3.20. The summed E-state index contributed by atoms with van der Waals surface area (Å²) in [7, 11) is 1.63. The number of nitrogens with zero attached hydrogens (tertiary/aromatic N) is 1. The van der Waals surface area contributed by atoms with Gasteiger partial charge in [0, 0.05) is 24.7 Å². The Kier molecular flexibility index (Phi) is 5.78. The largest absolute Gasteiger partial charge is 0.395 e. The molecule has 0 spiro atoms. The average molecular weight is 230 g/mol.